The van der Waals surface area contributed by atoms with E-state index < -0.39 is 12.1 Å². The zero-order chi connectivity index (χ0) is 24.6. The van der Waals surface area contributed by atoms with E-state index in [0.717, 1.165) is 37.8 Å². The van der Waals surface area contributed by atoms with Gasteiger partial charge in [0.25, 0.3) is 0 Å². The molecule has 0 heterocycles. The van der Waals surface area contributed by atoms with Crippen LogP contribution in [0, 0.1) is 0 Å². The molecule has 0 aromatic heterocycles. The van der Waals surface area contributed by atoms with E-state index in [1.807, 2.05) is 18.2 Å². The number of primary amides is 1. The molecular weight excluding hydrogens is 438 g/mol. The van der Waals surface area contributed by atoms with Crippen LogP contribution in [0.1, 0.15) is 48.5 Å². The molecule has 0 unspecified atom stereocenters. The van der Waals surface area contributed by atoms with Gasteiger partial charge < -0.3 is 41.2 Å². The van der Waals surface area contributed by atoms with E-state index in [0.29, 0.717) is 49.8 Å². The van der Waals surface area contributed by atoms with Gasteiger partial charge in [-0.1, -0.05) is 31.0 Å². The van der Waals surface area contributed by atoms with Crippen molar-refractivity contribution in [2.45, 2.75) is 45.0 Å². The quantitative estimate of drug-likeness (QED) is 0.193. The first-order valence-corrected chi connectivity index (χ1v) is 11.6. The summed E-state index contributed by atoms with van der Waals surface area (Å²) in [6.45, 7) is 3.14. The second-order valence-electron chi connectivity index (χ2n) is 8.03. The van der Waals surface area contributed by atoms with Crippen LogP contribution in [0.4, 0.5) is 10.5 Å². The minimum Gasteiger partial charge on any atom is -0.508 e. The summed E-state index contributed by atoms with van der Waals surface area (Å²) in [7, 11) is 0. The van der Waals surface area contributed by atoms with Crippen LogP contribution in [0.25, 0.3) is 0 Å². The van der Waals surface area contributed by atoms with Crippen molar-refractivity contribution in [3.8, 4) is 5.75 Å². The van der Waals surface area contributed by atoms with Crippen molar-refractivity contribution < 1.29 is 29.6 Å². The van der Waals surface area contributed by atoms with Crippen LogP contribution < -0.4 is 16.4 Å². The van der Waals surface area contributed by atoms with Crippen LogP contribution in [0.2, 0.25) is 0 Å². The topological polar surface area (TPSA) is 146 Å². The van der Waals surface area contributed by atoms with Crippen LogP contribution in [-0.4, -0.2) is 54.3 Å². The number of aliphatic hydroxyl groups is 2. The minimum atomic E-state index is -0.683. The Morgan fingerprint density at radius 1 is 1.00 bits per heavy atom. The highest BCUT2D eigenvalue weighted by atomic mass is 16.5. The molecule has 9 heteroatoms. The summed E-state index contributed by atoms with van der Waals surface area (Å²) in [6, 6.07) is 11.5. The molecule has 0 spiro atoms. The summed E-state index contributed by atoms with van der Waals surface area (Å²) in [5, 5.41) is 34.8. The van der Waals surface area contributed by atoms with Gasteiger partial charge in [-0.05, 0) is 54.8 Å². The number of carbonyl (C=O) groups is 1. The second-order valence-corrected chi connectivity index (χ2v) is 8.03. The standard InChI is InChI=1S/C25H37N3O6/c26-25(32)28-22-7-5-6-19(14-22)18-34-13-12-33-11-4-2-1-3-10-27-16-24(31)20-8-9-23(30)21(15-20)17-29/h5-9,14-15,24,27,29-31H,1-4,10-13,16-18H2,(H3,26,28,32)/t24-/m0/s1. The lowest BCUT2D eigenvalue weighted by Gasteiger charge is -2.14. The first kappa shape index (κ1) is 27.6. The average molecular weight is 476 g/mol. The second kappa shape index (κ2) is 16.0. The number of nitrogens with one attached hydrogen (secondary N) is 2. The zero-order valence-electron chi connectivity index (χ0n) is 19.5. The van der Waals surface area contributed by atoms with Crippen LogP contribution >= 0.6 is 0 Å². The Balaban J connectivity index is 1.41. The van der Waals surface area contributed by atoms with E-state index in [1.165, 1.54) is 6.07 Å². The van der Waals surface area contributed by atoms with Crippen molar-refractivity contribution in [1.29, 1.82) is 0 Å². The highest BCUT2D eigenvalue weighted by Crippen LogP contribution is 2.22. The third-order valence-electron chi connectivity index (χ3n) is 5.22. The molecule has 0 aliphatic carbocycles. The molecule has 188 valence electrons. The lowest BCUT2D eigenvalue weighted by atomic mass is 10.1. The molecule has 2 aromatic rings. The molecule has 0 radical (unpaired) electrons. The first-order chi connectivity index (χ1) is 16.5. The zero-order valence-corrected chi connectivity index (χ0v) is 19.5. The summed E-state index contributed by atoms with van der Waals surface area (Å²) >= 11 is 0. The SMILES string of the molecule is NC(=O)Nc1cccc(COCCOCCCCCCNC[C@H](O)c2ccc(O)c(CO)c2)c1. The van der Waals surface area contributed by atoms with E-state index >= 15 is 0 Å². The Labute approximate surface area is 200 Å². The molecule has 34 heavy (non-hydrogen) atoms. The molecule has 0 fully saturated rings. The van der Waals surface area contributed by atoms with Crippen LogP contribution in [0.3, 0.4) is 0 Å². The molecule has 7 N–H and O–H groups in total. The average Bonchev–Trinajstić information content (AvgIpc) is 2.82. The van der Waals surface area contributed by atoms with Crippen molar-refractivity contribution in [2.75, 3.05) is 38.2 Å². The van der Waals surface area contributed by atoms with E-state index in [1.54, 1.807) is 18.2 Å². The van der Waals surface area contributed by atoms with Crippen LogP contribution in [-0.2, 0) is 22.7 Å². The van der Waals surface area contributed by atoms with E-state index in [9.17, 15) is 20.1 Å². The maximum atomic E-state index is 10.9. The van der Waals surface area contributed by atoms with E-state index in [2.05, 4.69) is 10.6 Å². The van der Waals surface area contributed by atoms with Gasteiger partial charge in [-0.2, -0.15) is 0 Å². The van der Waals surface area contributed by atoms with Gasteiger partial charge in [0.2, 0.25) is 0 Å². The van der Waals surface area contributed by atoms with Gasteiger partial charge in [0.1, 0.15) is 5.75 Å². The number of aliphatic hydroxyl groups excluding tert-OH is 2. The Kier molecular flexibility index (Phi) is 13.0. The maximum Gasteiger partial charge on any atom is 0.316 e. The minimum absolute atomic E-state index is 0.0321. The molecule has 0 saturated carbocycles. The predicted octanol–water partition coefficient (Wildman–Crippen LogP) is 2.79. The number of phenols is 1. The third-order valence-corrected chi connectivity index (χ3v) is 5.22. The molecular formula is C25H37N3O6. The van der Waals surface area contributed by atoms with Gasteiger partial charge in [0, 0.05) is 24.4 Å². The molecule has 1 atom stereocenters. The van der Waals surface area contributed by atoms with Gasteiger partial charge in [0.05, 0.1) is 32.5 Å². The monoisotopic (exact) mass is 475 g/mol. The number of carbonyl (C=O) groups excluding carboxylic acids is 1. The number of ether oxygens (including phenoxy) is 2. The molecule has 0 bridgehead atoms. The Morgan fingerprint density at radius 3 is 2.59 bits per heavy atom. The van der Waals surface area contributed by atoms with E-state index in [4.69, 9.17) is 15.2 Å². The molecule has 0 saturated heterocycles. The summed E-state index contributed by atoms with van der Waals surface area (Å²) < 4.78 is 11.2. The van der Waals surface area contributed by atoms with Gasteiger partial charge in [0.15, 0.2) is 0 Å². The number of amides is 2. The fourth-order valence-corrected chi connectivity index (χ4v) is 3.39. The highest BCUT2D eigenvalue weighted by Gasteiger charge is 2.09. The van der Waals surface area contributed by atoms with Crippen molar-refractivity contribution in [1.82, 2.24) is 5.32 Å². The summed E-state index contributed by atoms with van der Waals surface area (Å²) in [5.74, 6) is 0.0321. The van der Waals surface area contributed by atoms with Crippen molar-refractivity contribution >= 4 is 11.7 Å². The smallest absolute Gasteiger partial charge is 0.316 e. The number of rotatable bonds is 17. The molecule has 2 aromatic carbocycles. The summed E-state index contributed by atoms with van der Waals surface area (Å²) in [5.41, 5.74) is 7.79. The molecule has 2 rings (SSSR count). The van der Waals surface area contributed by atoms with Gasteiger partial charge >= 0.3 is 6.03 Å². The van der Waals surface area contributed by atoms with Gasteiger partial charge in [-0.15, -0.1) is 0 Å². The Morgan fingerprint density at radius 2 is 1.79 bits per heavy atom. The highest BCUT2D eigenvalue weighted by molar-refractivity contribution is 5.87. The number of benzene rings is 2. The number of anilines is 1. The molecule has 0 aliphatic rings. The Bertz CT molecular complexity index is 864. The summed E-state index contributed by atoms with van der Waals surface area (Å²) in [6.07, 6.45) is 3.46. The van der Waals surface area contributed by atoms with Crippen molar-refractivity contribution in [2.24, 2.45) is 5.73 Å². The Hall–Kier alpha value is -2.69. The van der Waals surface area contributed by atoms with Crippen LogP contribution in [0.5, 0.6) is 5.75 Å². The van der Waals surface area contributed by atoms with E-state index in [-0.39, 0.29) is 12.4 Å². The number of hydrogen-bond donors (Lipinski definition) is 6. The molecule has 0 aliphatic heterocycles. The fourth-order valence-electron chi connectivity index (χ4n) is 3.39. The normalized spacial score (nSPS) is 11.9. The summed E-state index contributed by atoms with van der Waals surface area (Å²) in [4.78, 5) is 10.9. The van der Waals surface area contributed by atoms with Crippen LogP contribution in [0.15, 0.2) is 42.5 Å². The fraction of sp³-hybridized carbons (Fsp3) is 0.480. The van der Waals surface area contributed by atoms with Gasteiger partial charge in [-0.25, -0.2) is 4.79 Å². The third kappa shape index (κ3) is 11.0. The number of urea groups is 1. The molecule has 9 nitrogen and oxygen atoms in total. The number of hydrogen-bond acceptors (Lipinski definition) is 7. The van der Waals surface area contributed by atoms with Crippen molar-refractivity contribution in [3.05, 3.63) is 59.2 Å². The number of unbranched alkanes of at least 4 members (excludes halogenated alkanes) is 3. The largest absolute Gasteiger partial charge is 0.508 e. The molecule has 2 amide bonds. The number of nitrogens with two attached hydrogens (primary N) is 1. The lowest BCUT2D eigenvalue weighted by molar-refractivity contribution is 0.0393. The first-order valence-electron chi connectivity index (χ1n) is 11.6. The van der Waals surface area contributed by atoms with Gasteiger partial charge in [-0.3, -0.25) is 0 Å². The van der Waals surface area contributed by atoms with Crippen molar-refractivity contribution in [3.63, 3.8) is 0 Å². The number of aromatic hydroxyl groups is 1. The maximum absolute atomic E-state index is 10.9. The lowest BCUT2D eigenvalue weighted by Crippen LogP contribution is -2.22. The predicted molar refractivity (Wildman–Crippen MR) is 130 cm³/mol.